The van der Waals surface area contributed by atoms with Gasteiger partial charge in [-0.3, -0.25) is 0 Å². The number of aliphatic hydroxyl groups is 1. The molecule has 3 rings (SSSR count). The first-order valence-corrected chi connectivity index (χ1v) is 3.71. The Hall–Kier alpha value is -0.700. The summed E-state index contributed by atoms with van der Waals surface area (Å²) in [6.07, 6.45) is 2.06. The highest BCUT2D eigenvalue weighted by atomic mass is 16.3. The predicted octanol–water partition coefficient (Wildman–Crippen LogP) is -0.549. The number of nitrogens with zero attached hydrogens (tertiary/aromatic N) is 2. The predicted molar refractivity (Wildman–Crippen MR) is 38.3 cm³/mol. The number of aliphatic hydroxyl groups excluding tert-OH is 1. The molecule has 2 bridgehead atoms. The van der Waals surface area contributed by atoms with E-state index in [1.807, 2.05) is 0 Å². The summed E-state index contributed by atoms with van der Waals surface area (Å²) in [5, 5.41) is 8.88. The van der Waals surface area contributed by atoms with Gasteiger partial charge in [-0.1, -0.05) is 0 Å². The van der Waals surface area contributed by atoms with Crippen LogP contribution in [0.15, 0.2) is 11.9 Å². The third-order valence-corrected chi connectivity index (χ3v) is 2.21. The number of rotatable bonds is 1. The van der Waals surface area contributed by atoms with E-state index in [1.165, 1.54) is 0 Å². The van der Waals surface area contributed by atoms with Gasteiger partial charge < -0.3 is 14.9 Å². The standard InChI is InChI=1S/C7H12N2O/c10-6-7-5-8-1-3-9(7)4-2-8/h5,10H,1-4,6H2. The molecule has 0 aromatic carbocycles. The molecule has 0 aromatic rings. The van der Waals surface area contributed by atoms with Crippen LogP contribution >= 0.6 is 0 Å². The van der Waals surface area contributed by atoms with Gasteiger partial charge in [-0.25, -0.2) is 0 Å². The summed E-state index contributed by atoms with van der Waals surface area (Å²) in [5.74, 6) is 0. The molecule has 3 heterocycles. The van der Waals surface area contributed by atoms with Crippen molar-refractivity contribution in [1.29, 1.82) is 0 Å². The van der Waals surface area contributed by atoms with Crippen LogP contribution in [0.4, 0.5) is 0 Å². The first-order chi connectivity index (χ1) is 4.90. The molecular formula is C7H12N2O. The van der Waals surface area contributed by atoms with Crippen LogP contribution in [-0.4, -0.2) is 47.7 Å². The maximum Gasteiger partial charge on any atom is 0.0844 e. The molecule has 0 atom stereocenters. The minimum absolute atomic E-state index is 0.191. The van der Waals surface area contributed by atoms with E-state index in [0.717, 1.165) is 31.9 Å². The molecule has 1 N–H and O–H groups in total. The van der Waals surface area contributed by atoms with E-state index < -0.39 is 0 Å². The molecule has 56 valence electrons. The van der Waals surface area contributed by atoms with Crippen LogP contribution in [0.5, 0.6) is 0 Å². The number of hydrogen-bond acceptors (Lipinski definition) is 3. The Kier molecular flexibility index (Phi) is 1.31. The largest absolute Gasteiger partial charge is 0.390 e. The molecule has 0 amide bonds. The van der Waals surface area contributed by atoms with E-state index in [9.17, 15) is 0 Å². The molecule has 0 spiro atoms. The molecule has 3 nitrogen and oxygen atoms in total. The quantitative estimate of drug-likeness (QED) is 0.529. The second-order valence-corrected chi connectivity index (χ2v) is 2.80. The molecule has 0 aromatic heterocycles. The van der Waals surface area contributed by atoms with Gasteiger partial charge in [0.2, 0.25) is 0 Å². The molecule has 10 heavy (non-hydrogen) atoms. The molecule has 3 aliphatic rings. The fourth-order valence-electron chi connectivity index (χ4n) is 1.57. The zero-order valence-electron chi connectivity index (χ0n) is 5.95. The van der Waals surface area contributed by atoms with Crippen molar-refractivity contribution in [3.8, 4) is 0 Å². The number of fused-ring (bicyclic) bond motifs is 2. The van der Waals surface area contributed by atoms with Crippen molar-refractivity contribution in [1.82, 2.24) is 9.80 Å². The highest BCUT2D eigenvalue weighted by Gasteiger charge is 2.22. The molecule has 3 heteroatoms. The average molecular weight is 140 g/mol. The molecular weight excluding hydrogens is 128 g/mol. The Bertz CT molecular complexity index is 159. The molecule has 3 aliphatic heterocycles. The van der Waals surface area contributed by atoms with Gasteiger partial charge in [-0.05, 0) is 0 Å². The molecule has 0 unspecified atom stereocenters. The van der Waals surface area contributed by atoms with Gasteiger partial charge in [0.05, 0.1) is 12.3 Å². The first-order valence-electron chi connectivity index (χ1n) is 3.71. The summed E-state index contributed by atoms with van der Waals surface area (Å²) >= 11 is 0. The highest BCUT2D eigenvalue weighted by Crippen LogP contribution is 2.16. The summed E-state index contributed by atoms with van der Waals surface area (Å²) in [4.78, 5) is 4.52. The van der Waals surface area contributed by atoms with Crippen molar-refractivity contribution in [2.75, 3.05) is 32.8 Å². The topological polar surface area (TPSA) is 26.7 Å². The number of hydrogen-bond donors (Lipinski definition) is 1. The van der Waals surface area contributed by atoms with Crippen LogP contribution in [0, 0.1) is 0 Å². The zero-order valence-corrected chi connectivity index (χ0v) is 5.95. The van der Waals surface area contributed by atoms with Gasteiger partial charge >= 0.3 is 0 Å². The summed E-state index contributed by atoms with van der Waals surface area (Å²) in [7, 11) is 0. The van der Waals surface area contributed by atoms with E-state index in [4.69, 9.17) is 5.11 Å². The van der Waals surface area contributed by atoms with Crippen molar-refractivity contribution in [3.63, 3.8) is 0 Å². The van der Waals surface area contributed by atoms with Gasteiger partial charge in [0.15, 0.2) is 0 Å². The van der Waals surface area contributed by atoms with Crippen LogP contribution in [-0.2, 0) is 0 Å². The van der Waals surface area contributed by atoms with Crippen molar-refractivity contribution in [2.24, 2.45) is 0 Å². The highest BCUT2D eigenvalue weighted by molar-refractivity contribution is 5.08. The lowest BCUT2D eigenvalue weighted by molar-refractivity contribution is 0.140. The molecule has 0 aliphatic carbocycles. The lowest BCUT2D eigenvalue weighted by atomic mass is 10.2. The number of piperazine rings is 1. The normalized spacial score (nSPS) is 23.5. The summed E-state index contributed by atoms with van der Waals surface area (Å²) < 4.78 is 0. The molecule has 1 saturated heterocycles. The van der Waals surface area contributed by atoms with Crippen molar-refractivity contribution < 1.29 is 5.11 Å². The second-order valence-electron chi connectivity index (χ2n) is 2.80. The van der Waals surface area contributed by atoms with E-state index in [1.54, 1.807) is 0 Å². The Morgan fingerprint density at radius 2 is 2.00 bits per heavy atom. The Morgan fingerprint density at radius 1 is 1.30 bits per heavy atom. The van der Waals surface area contributed by atoms with Gasteiger partial charge in [0.25, 0.3) is 0 Å². The Balaban J connectivity index is 2.19. The summed E-state index contributed by atoms with van der Waals surface area (Å²) in [6, 6.07) is 0. The summed E-state index contributed by atoms with van der Waals surface area (Å²) in [6.45, 7) is 4.63. The van der Waals surface area contributed by atoms with E-state index in [0.29, 0.717) is 0 Å². The zero-order chi connectivity index (χ0) is 6.97. The minimum Gasteiger partial charge on any atom is -0.390 e. The summed E-state index contributed by atoms with van der Waals surface area (Å²) in [5.41, 5.74) is 1.08. The Labute approximate surface area is 60.5 Å². The molecule has 0 radical (unpaired) electrons. The molecule has 0 saturated carbocycles. The monoisotopic (exact) mass is 140 g/mol. The van der Waals surface area contributed by atoms with Crippen molar-refractivity contribution >= 4 is 0 Å². The third kappa shape index (κ3) is 0.778. The maximum atomic E-state index is 8.88. The first kappa shape index (κ1) is 6.04. The van der Waals surface area contributed by atoms with Crippen LogP contribution in [0.2, 0.25) is 0 Å². The molecule has 1 fully saturated rings. The van der Waals surface area contributed by atoms with Crippen LogP contribution in [0.25, 0.3) is 0 Å². The van der Waals surface area contributed by atoms with Gasteiger partial charge in [0.1, 0.15) is 0 Å². The van der Waals surface area contributed by atoms with E-state index in [2.05, 4.69) is 16.0 Å². The average Bonchev–Trinajstić information content (AvgIpc) is 2.06. The second kappa shape index (κ2) is 2.16. The fourth-order valence-corrected chi connectivity index (χ4v) is 1.57. The van der Waals surface area contributed by atoms with Crippen molar-refractivity contribution in [2.45, 2.75) is 0 Å². The van der Waals surface area contributed by atoms with E-state index in [-0.39, 0.29) is 6.61 Å². The van der Waals surface area contributed by atoms with Gasteiger partial charge in [-0.15, -0.1) is 0 Å². The minimum atomic E-state index is 0.191. The van der Waals surface area contributed by atoms with E-state index >= 15 is 0 Å². The third-order valence-electron chi connectivity index (χ3n) is 2.21. The Morgan fingerprint density at radius 3 is 2.30 bits per heavy atom. The van der Waals surface area contributed by atoms with Crippen LogP contribution in [0.3, 0.4) is 0 Å². The van der Waals surface area contributed by atoms with Gasteiger partial charge in [0, 0.05) is 32.4 Å². The van der Waals surface area contributed by atoms with Crippen molar-refractivity contribution in [3.05, 3.63) is 11.9 Å². The van der Waals surface area contributed by atoms with Crippen LogP contribution in [0.1, 0.15) is 0 Å². The lowest BCUT2D eigenvalue weighted by Crippen LogP contribution is -2.49. The smallest absolute Gasteiger partial charge is 0.0844 e. The maximum absolute atomic E-state index is 8.88. The SMILES string of the molecule is OCC1=CN2CCN1CC2. The van der Waals surface area contributed by atoms with Gasteiger partial charge in [-0.2, -0.15) is 0 Å². The fraction of sp³-hybridized carbons (Fsp3) is 0.714. The lowest BCUT2D eigenvalue weighted by Gasteiger charge is -2.42. The van der Waals surface area contributed by atoms with Crippen LogP contribution < -0.4 is 0 Å².